The minimum Gasteiger partial charge on any atom is -0.320 e. The summed E-state index contributed by atoms with van der Waals surface area (Å²) in [6, 6.07) is 9.35. The molecule has 1 fully saturated rings. The van der Waals surface area contributed by atoms with Crippen molar-refractivity contribution in [2.75, 3.05) is 13.1 Å². The number of piperidine rings is 1. The monoisotopic (exact) mass is 258 g/mol. The smallest absolute Gasteiger partial charge is 0.0567 e. The van der Waals surface area contributed by atoms with Crippen molar-refractivity contribution in [2.24, 2.45) is 5.73 Å². The van der Waals surface area contributed by atoms with Gasteiger partial charge in [0.05, 0.1) is 5.54 Å². The van der Waals surface area contributed by atoms with Crippen LogP contribution < -0.4 is 5.73 Å². The Morgan fingerprint density at radius 2 is 1.95 bits per heavy atom. The zero-order valence-electron chi connectivity index (χ0n) is 12.1. The lowest BCUT2D eigenvalue weighted by Gasteiger charge is -2.48. The molecule has 2 atom stereocenters. The lowest BCUT2D eigenvalue weighted by Crippen LogP contribution is -2.59. The Morgan fingerprint density at radius 3 is 2.68 bits per heavy atom. The highest BCUT2D eigenvalue weighted by atomic mass is 15.2. The molecular formula is C17H26N2. The van der Waals surface area contributed by atoms with Gasteiger partial charge in [-0.2, -0.15) is 0 Å². The summed E-state index contributed by atoms with van der Waals surface area (Å²) in [4.78, 5) is 2.67. The van der Waals surface area contributed by atoms with Crippen molar-refractivity contribution in [3.63, 3.8) is 0 Å². The van der Waals surface area contributed by atoms with E-state index in [1.807, 2.05) is 0 Å². The zero-order valence-corrected chi connectivity index (χ0v) is 12.1. The third-order valence-electron chi connectivity index (χ3n) is 5.22. The summed E-state index contributed by atoms with van der Waals surface area (Å²) < 4.78 is 0. The van der Waals surface area contributed by atoms with E-state index in [0.29, 0.717) is 6.04 Å². The fraction of sp³-hybridized carbons (Fsp3) is 0.647. The van der Waals surface area contributed by atoms with Crippen molar-refractivity contribution < 1.29 is 0 Å². The van der Waals surface area contributed by atoms with Crippen LogP contribution in [0.3, 0.4) is 0 Å². The van der Waals surface area contributed by atoms with E-state index in [0.717, 1.165) is 6.42 Å². The molecule has 0 saturated carbocycles. The largest absolute Gasteiger partial charge is 0.320 e. The van der Waals surface area contributed by atoms with Gasteiger partial charge in [-0.3, -0.25) is 4.90 Å². The van der Waals surface area contributed by atoms with Crippen LogP contribution in [0.2, 0.25) is 0 Å². The van der Waals surface area contributed by atoms with Crippen LogP contribution in [0, 0.1) is 0 Å². The SMILES string of the molecule is CCC1(N)c2ccccc2CCC1N1CCCCC1. The lowest BCUT2D eigenvalue weighted by atomic mass is 9.71. The molecule has 0 aromatic heterocycles. The van der Waals surface area contributed by atoms with Crippen molar-refractivity contribution in [1.29, 1.82) is 0 Å². The van der Waals surface area contributed by atoms with Crippen LogP contribution in [0.5, 0.6) is 0 Å². The first-order valence-electron chi connectivity index (χ1n) is 7.87. The Labute approximate surface area is 117 Å². The maximum Gasteiger partial charge on any atom is 0.0567 e. The van der Waals surface area contributed by atoms with E-state index < -0.39 is 0 Å². The number of benzene rings is 1. The molecule has 19 heavy (non-hydrogen) atoms. The third-order valence-corrected chi connectivity index (χ3v) is 5.22. The number of fused-ring (bicyclic) bond motifs is 1. The van der Waals surface area contributed by atoms with Crippen LogP contribution in [0.15, 0.2) is 24.3 Å². The predicted octanol–water partition coefficient (Wildman–Crippen LogP) is 3.05. The second-order valence-electron chi connectivity index (χ2n) is 6.20. The summed E-state index contributed by atoms with van der Waals surface area (Å²) in [5.74, 6) is 0. The Bertz CT molecular complexity index is 437. The van der Waals surface area contributed by atoms with Crippen LogP contribution in [0.25, 0.3) is 0 Å². The number of rotatable bonds is 2. The average molecular weight is 258 g/mol. The molecule has 2 nitrogen and oxygen atoms in total. The Kier molecular flexibility index (Phi) is 3.64. The summed E-state index contributed by atoms with van der Waals surface area (Å²) in [5.41, 5.74) is 9.63. The highest BCUT2D eigenvalue weighted by molar-refractivity contribution is 5.38. The molecule has 2 unspecified atom stereocenters. The molecule has 2 aliphatic rings. The molecule has 1 saturated heterocycles. The van der Waals surface area contributed by atoms with Gasteiger partial charge in [0.1, 0.15) is 0 Å². The van der Waals surface area contributed by atoms with Crippen molar-refractivity contribution >= 4 is 0 Å². The number of aryl methyl sites for hydroxylation is 1. The molecule has 2 heteroatoms. The van der Waals surface area contributed by atoms with Gasteiger partial charge in [-0.1, -0.05) is 37.6 Å². The van der Waals surface area contributed by atoms with E-state index in [2.05, 4.69) is 36.1 Å². The Morgan fingerprint density at radius 1 is 1.21 bits per heavy atom. The first-order chi connectivity index (χ1) is 9.25. The van der Waals surface area contributed by atoms with E-state index in [1.54, 1.807) is 0 Å². The molecule has 3 rings (SSSR count). The van der Waals surface area contributed by atoms with Gasteiger partial charge in [0, 0.05) is 6.04 Å². The molecule has 1 heterocycles. The predicted molar refractivity (Wildman–Crippen MR) is 80.1 cm³/mol. The number of nitrogens with two attached hydrogens (primary N) is 1. The Balaban J connectivity index is 1.94. The maximum absolute atomic E-state index is 6.90. The minimum atomic E-state index is -0.147. The molecule has 0 amide bonds. The summed E-state index contributed by atoms with van der Waals surface area (Å²) in [5, 5.41) is 0. The van der Waals surface area contributed by atoms with Gasteiger partial charge in [-0.05, 0) is 56.3 Å². The number of hydrogen-bond donors (Lipinski definition) is 1. The van der Waals surface area contributed by atoms with Crippen LogP contribution in [-0.4, -0.2) is 24.0 Å². The first kappa shape index (κ1) is 13.1. The number of likely N-dealkylation sites (tertiary alicyclic amines) is 1. The minimum absolute atomic E-state index is 0.147. The molecule has 1 aliphatic heterocycles. The average Bonchev–Trinajstić information content (AvgIpc) is 2.49. The Hall–Kier alpha value is -0.860. The van der Waals surface area contributed by atoms with Gasteiger partial charge >= 0.3 is 0 Å². The van der Waals surface area contributed by atoms with E-state index in [1.165, 1.54) is 56.3 Å². The number of nitrogens with zero attached hydrogens (tertiary/aromatic N) is 1. The number of hydrogen-bond acceptors (Lipinski definition) is 2. The van der Waals surface area contributed by atoms with Crippen molar-refractivity contribution in [3.8, 4) is 0 Å². The molecule has 1 aromatic rings. The molecule has 2 N–H and O–H groups in total. The quantitative estimate of drug-likeness (QED) is 0.883. The highest BCUT2D eigenvalue weighted by Crippen LogP contribution is 2.39. The molecule has 0 radical (unpaired) electrons. The highest BCUT2D eigenvalue weighted by Gasteiger charge is 2.42. The van der Waals surface area contributed by atoms with Crippen LogP contribution in [-0.2, 0) is 12.0 Å². The van der Waals surface area contributed by atoms with Crippen molar-refractivity contribution in [1.82, 2.24) is 4.90 Å². The van der Waals surface area contributed by atoms with E-state index in [9.17, 15) is 0 Å². The second kappa shape index (κ2) is 5.26. The molecule has 104 valence electrons. The third kappa shape index (κ3) is 2.21. The normalized spacial score (nSPS) is 32.0. The van der Waals surface area contributed by atoms with Gasteiger partial charge in [0.25, 0.3) is 0 Å². The van der Waals surface area contributed by atoms with Crippen LogP contribution >= 0.6 is 0 Å². The van der Waals surface area contributed by atoms with Gasteiger partial charge in [0.15, 0.2) is 0 Å². The standard InChI is InChI=1S/C17H26N2/c1-2-17(18)15-9-5-4-8-14(15)10-11-16(17)19-12-6-3-7-13-19/h4-5,8-9,16H,2-3,6-7,10-13,18H2,1H3. The van der Waals surface area contributed by atoms with E-state index >= 15 is 0 Å². The maximum atomic E-state index is 6.90. The zero-order chi connectivity index (χ0) is 13.3. The van der Waals surface area contributed by atoms with Crippen LogP contribution in [0.4, 0.5) is 0 Å². The fourth-order valence-electron chi connectivity index (χ4n) is 4.09. The molecule has 0 bridgehead atoms. The topological polar surface area (TPSA) is 29.3 Å². The van der Waals surface area contributed by atoms with Gasteiger partial charge < -0.3 is 5.73 Å². The molecule has 1 aromatic carbocycles. The fourth-order valence-corrected chi connectivity index (χ4v) is 4.09. The van der Waals surface area contributed by atoms with E-state index in [-0.39, 0.29) is 5.54 Å². The summed E-state index contributed by atoms with van der Waals surface area (Å²) >= 11 is 0. The van der Waals surface area contributed by atoms with Gasteiger partial charge in [-0.15, -0.1) is 0 Å². The van der Waals surface area contributed by atoms with Crippen LogP contribution in [0.1, 0.15) is 50.2 Å². The summed E-state index contributed by atoms with van der Waals surface area (Å²) in [6.45, 7) is 4.73. The van der Waals surface area contributed by atoms with E-state index in [4.69, 9.17) is 5.73 Å². The molecule has 0 spiro atoms. The van der Waals surface area contributed by atoms with Gasteiger partial charge in [0.2, 0.25) is 0 Å². The summed E-state index contributed by atoms with van der Waals surface area (Å²) in [7, 11) is 0. The first-order valence-corrected chi connectivity index (χ1v) is 7.87. The molecular weight excluding hydrogens is 232 g/mol. The second-order valence-corrected chi connectivity index (χ2v) is 6.20. The summed E-state index contributed by atoms with van der Waals surface area (Å²) in [6.07, 6.45) is 7.53. The lowest BCUT2D eigenvalue weighted by molar-refractivity contribution is 0.0795. The van der Waals surface area contributed by atoms with Crippen molar-refractivity contribution in [3.05, 3.63) is 35.4 Å². The van der Waals surface area contributed by atoms with Gasteiger partial charge in [-0.25, -0.2) is 0 Å². The van der Waals surface area contributed by atoms with Crippen molar-refractivity contribution in [2.45, 2.75) is 57.0 Å². The molecule has 1 aliphatic carbocycles.